The Labute approximate surface area is 107 Å². The highest BCUT2D eigenvalue weighted by Gasteiger charge is 2.16. The first-order chi connectivity index (χ1) is 8.61. The fourth-order valence-corrected chi connectivity index (χ4v) is 2.27. The summed E-state index contributed by atoms with van der Waals surface area (Å²) in [7, 11) is 0. The highest BCUT2D eigenvalue weighted by molar-refractivity contribution is 5.96. The Hall–Kier alpha value is -2.09. The number of carbonyl (C=O) groups is 1. The predicted octanol–water partition coefficient (Wildman–Crippen LogP) is 3.58. The van der Waals surface area contributed by atoms with E-state index < -0.39 is 0 Å². The van der Waals surface area contributed by atoms with Crippen molar-refractivity contribution in [3.8, 4) is 11.1 Å². The SMILES string of the molecule is CC(C)c1c(C(N)=O)cccc1-c1ccccc1. The molecule has 0 saturated carbocycles. The smallest absolute Gasteiger partial charge is 0.249 e. The van der Waals surface area contributed by atoms with Crippen LogP contribution in [0.25, 0.3) is 11.1 Å². The van der Waals surface area contributed by atoms with Crippen molar-refractivity contribution in [1.82, 2.24) is 0 Å². The summed E-state index contributed by atoms with van der Waals surface area (Å²) in [6.07, 6.45) is 0. The molecule has 0 fully saturated rings. The number of hydrogen-bond acceptors (Lipinski definition) is 1. The molecule has 2 aromatic rings. The monoisotopic (exact) mass is 239 g/mol. The molecule has 92 valence electrons. The molecule has 2 nitrogen and oxygen atoms in total. The first-order valence-corrected chi connectivity index (χ1v) is 6.09. The minimum absolute atomic E-state index is 0.254. The molecule has 0 aromatic heterocycles. The molecule has 0 aliphatic carbocycles. The van der Waals surface area contributed by atoms with Crippen LogP contribution in [-0.4, -0.2) is 5.91 Å². The van der Waals surface area contributed by atoms with Gasteiger partial charge in [-0.2, -0.15) is 0 Å². The van der Waals surface area contributed by atoms with E-state index in [1.807, 2.05) is 42.5 Å². The van der Waals surface area contributed by atoms with Gasteiger partial charge in [0.15, 0.2) is 0 Å². The van der Waals surface area contributed by atoms with Crippen molar-refractivity contribution in [2.24, 2.45) is 5.73 Å². The molecule has 0 bridgehead atoms. The standard InChI is InChI=1S/C16H17NO/c1-11(2)15-13(12-7-4-3-5-8-12)9-6-10-14(15)16(17)18/h3-11H,1-2H3,(H2,17,18). The van der Waals surface area contributed by atoms with Crippen LogP contribution in [0.3, 0.4) is 0 Å². The summed E-state index contributed by atoms with van der Waals surface area (Å²) in [5, 5.41) is 0. The van der Waals surface area contributed by atoms with E-state index in [1.54, 1.807) is 6.07 Å². The van der Waals surface area contributed by atoms with Gasteiger partial charge in [0, 0.05) is 5.56 Å². The van der Waals surface area contributed by atoms with Crippen molar-refractivity contribution in [2.75, 3.05) is 0 Å². The molecule has 2 N–H and O–H groups in total. The van der Waals surface area contributed by atoms with Crippen molar-refractivity contribution in [2.45, 2.75) is 19.8 Å². The molecule has 18 heavy (non-hydrogen) atoms. The minimum Gasteiger partial charge on any atom is -0.366 e. The summed E-state index contributed by atoms with van der Waals surface area (Å²) in [4.78, 5) is 11.5. The van der Waals surface area contributed by atoms with Gasteiger partial charge in [-0.15, -0.1) is 0 Å². The third-order valence-corrected chi connectivity index (χ3v) is 3.03. The first-order valence-electron chi connectivity index (χ1n) is 6.09. The summed E-state index contributed by atoms with van der Waals surface area (Å²) in [6.45, 7) is 4.16. The Morgan fingerprint density at radius 3 is 2.22 bits per heavy atom. The van der Waals surface area contributed by atoms with Gasteiger partial charge < -0.3 is 5.73 Å². The minimum atomic E-state index is -0.364. The Morgan fingerprint density at radius 1 is 1.00 bits per heavy atom. The number of carbonyl (C=O) groups excluding carboxylic acids is 1. The highest BCUT2D eigenvalue weighted by atomic mass is 16.1. The molecule has 2 heteroatoms. The normalized spacial score (nSPS) is 10.6. The number of benzene rings is 2. The van der Waals surface area contributed by atoms with E-state index in [9.17, 15) is 4.79 Å². The van der Waals surface area contributed by atoms with Gasteiger partial charge in [0.05, 0.1) is 0 Å². The average Bonchev–Trinajstić information content (AvgIpc) is 2.38. The Morgan fingerprint density at radius 2 is 1.67 bits per heavy atom. The quantitative estimate of drug-likeness (QED) is 0.874. The van der Waals surface area contributed by atoms with Crippen molar-refractivity contribution >= 4 is 5.91 Å². The van der Waals surface area contributed by atoms with Crippen LogP contribution in [0, 0.1) is 0 Å². The summed E-state index contributed by atoms with van der Waals surface area (Å²) in [6, 6.07) is 15.8. The van der Waals surface area contributed by atoms with Crippen LogP contribution in [0.15, 0.2) is 48.5 Å². The van der Waals surface area contributed by atoms with Crippen LogP contribution < -0.4 is 5.73 Å². The number of hydrogen-bond donors (Lipinski definition) is 1. The van der Waals surface area contributed by atoms with E-state index in [2.05, 4.69) is 13.8 Å². The number of amides is 1. The zero-order chi connectivity index (χ0) is 13.1. The average molecular weight is 239 g/mol. The number of rotatable bonds is 3. The van der Waals surface area contributed by atoms with Gasteiger partial charge in [0.25, 0.3) is 0 Å². The van der Waals surface area contributed by atoms with Crippen LogP contribution in [0.2, 0.25) is 0 Å². The number of primary amides is 1. The molecular weight excluding hydrogens is 222 g/mol. The van der Waals surface area contributed by atoms with Crippen LogP contribution >= 0.6 is 0 Å². The first kappa shape index (κ1) is 12.4. The summed E-state index contributed by atoms with van der Waals surface area (Å²) >= 11 is 0. The molecule has 0 unspecified atom stereocenters. The molecule has 0 spiro atoms. The second kappa shape index (κ2) is 5.05. The molecule has 0 aliphatic heterocycles. The molecule has 2 rings (SSSR count). The zero-order valence-electron chi connectivity index (χ0n) is 10.7. The van der Waals surface area contributed by atoms with Gasteiger partial charge in [-0.3, -0.25) is 4.79 Å². The molecule has 1 amide bonds. The maximum atomic E-state index is 11.5. The van der Waals surface area contributed by atoms with E-state index in [0.29, 0.717) is 5.56 Å². The lowest BCUT2D eigenvalue weighted by atomic mass is 9.88. The molecule has 2 aromatic carbocycles. The summed E-state index contributed by atoms with van der Waals surface area (Å²) in [5.74, 6) is -0.111. The number of nitrogens with two attached hydrogens (primary N) is 1. The van der Waals surface area contributed by atoms with E-state index in [1.165, 1.54) is 0 Å². The molecule has 0 heterocycles. The molecular formula is C16H17NO. The van der Waals surface area contributed by atoms with Crippen LogP contribution in [0.5, 0.6) is 0 Å². The van der Waals surface area contributed by atoms with Crippen molar-refractivity contribution in [1.29, 1.82) is 0 Å². The zero-order valence-corrected chi connectivity index (χ0v) is 10.7. The summed E-state index contributed by atoms with van der Waals surface area (Å²) < 4.78 is 0. The maximum absolute atomic E-state index is 11.5. The van der Waals surface area contributed by atoms with E-state index in [4.69, 9.17) is 5.73 Å². The third-order valence-electron chi connectivity index (χ3n) is 3.03. The Balaban J connectivity index is 2.68. The fraction of sp³-hybridized carbons (Fsp3) is 0.188. The second-order valence-electron chi connectivity index (χ2n) is 4.65. The van der Waals surface area contributed by atoms with Crippen molar-refractivity contribution in [3.05, 3.63) is 59.7 Å². The topological polar surface area (TPSA) is 43.1 Å². The lowest BCUT2D eigenvalue weighted by molar-refractivity contribution is 0.0999. The van der Waals surface area contributed by atoms with Crippen LogP contribution in [0.4, 0.5) is 0 Å². The van der Waals surface area contributed by atoms with Gasteiger partial charge >= 0.3 is 0 Å². The third kappa shape index (κ3) is 2.28. The lowest BCUT2D eigenvalue weighted by Crippen LogP contribution is -2.15. The molecule has 0 saturated heterocycles. The van der Waals surface area contributed by atoms with Crippen LogP contribution in [-0.2, 0) is 0 Å². The van der Waals surface area contributed by atoms with E-state index >= 15 is 0 Å². The van der Waals surface area contributed by atoms with Crippen molar-refractivity contribution in [3.63, 3.8) is 0 Å². The van der Waals surface area contributed by atoms with E-state index in [0.717, 1.165) is 16.7 Å². The summed E-state index contributed by atoms with van der Waals surface area (Å²) in [5.41, 5.74) is 9.30. The second-order valence-corrected chi connectivity index (χ2v) is 4.65. The molecule has 0 radical (unpaired) electrons. The van der Waals surface area contributed by atoms with E-state index in [-0.39, 0.29) is 11.8 Å². The Kier molecular flexibility index (Phi) is 3.47. The van der Waals surface area contributed by atoms with Gasteiger partial charge in [0.2, 0.25) is 5.91 Å². The lowest BCUT2D eigenvalue weighted by Gasteiger charge is -2.16. The van der Waals surface area contributed by atoms with Gasteiger partial charge in [-0.25, -0.2) is 0 Å². The van der Waals surface area contributed by atoms with Gasteiger partial charge in [0.1, 0.15) is 0 Å². The molecule has 0 atom stereocenters. The largest absolute Gasteiger partial charge is 0.366 e. The van der Waals surface area contributed by atoms with Gasteiger partial charge in [-0.1, -0.05) is 56.3 Å². The fourth-order valence-electron chi connectivity index (χ4n) is 2.27. The van der Waals surface area contributed by atoms with Crippen molar-refractivity contribution < 1.29 is 4.79 Å². The highest BCUT2D eigenvalue weighted by Crippen LogP contribution is 2.31. The molecule has 0 aliphatic rings. The van der Waals surface area contributed by atoms with Crippen LogP contribution in [0.1, 0.15) is 35.7 Å². The van der Waals surface area contributed by atoms with Gasteiger partial charge in [-0.05, 0) is 28.7 Å². The Bertz CT molecular complexity index is 559. The maximum Gasteiger partial charge on any atom is 0.249 e. The predicted molar refractivity (Wildman–Crippen MR) is 74.5 cm³/mol.